The van der Waals surface area contributed by atoms with Crippen LogP contribution in [0.2, 0.25) is 0 Å². The Kier molecular flexibility index (Phi) is 4.80. The monoisotopic (exact) mass is 356 g/mol. The number of carbonyl (C=O) groups is 3. The normalized spacial score (nSPS) is 11.7. The lowest BCUT2D eigenvalue weighted by Crippen LogP contribution is -2.51. The van der Waals surface area contributed by atoms with Crippen molar-refractivity contribution in [2.45, 2.75) is 13.0 Å². The second-order valence-corrected chi connectivity index (χ2v) is 6.31. The van der Waals surface area contributed by atoms with Crippen molar-refractivity contribution in [2.75, 3.05) is 0 Å². The summed E-state index contributed by atoms with van der Waals surface area (Å²) in [4.78, 5) is 39.7. The molecule has 2 heterocycles. The molecular weight excluding hydrogens is 340 g/mol. The number of H-pyrrole nitrogens is 1. The fourth-order valence-electron chi connectivity index (χ4n) is 2.29. The summed E-state index contributed by atoms with van der Waals surface area (Å²) in [6.45, 7) is 1.54. The molecule has 1 aromatic carbocycles. The fourth-order valence-corrected chi connectivity index (χ4v) is 2.92. The van der Waals surface area contributed by atoms with E-state index in [0.717, 1.165) is 10.9 Å². The van der Waals surface area contributed by atoms with Gasteiger partial charge < -0.3 is 10.3 Å². The zero-order valence-corrected chi connectivity index (χ0v) is 14.1. The van der Waals surface area contributed by atoms with E-state index in [2.05, 4.69) is 21.2 Å². The molecule has 0 bridgehead atoms. The molecule has 4 N–H and O–H groups in total. The largest absolute Gasteiger partial charge is 0.360 e. The molecule has 1 atom stereocenters. The van der Waals surface area contributed by atoms with E-state index >= 15 is 0 Å². The molecule has 0 spiro atoms. The molecule has 25 heavy (non-hydrogen) atoms. The summed E-state index contributed by atoms with van der Waals surface area (Å²) in [5, 5.41) is 5.11. The third-order valence-corrected chi connectivity index (χ3v) is 4.49. The Balaban J connectivity index is 1.56. The van der Waals surface area contributed by atoms with E-state index in [0.29, 0.717) is 10.4 Å². The minimum absolute atomic E-state index is 0.333. The first kappa shape index (κ1) is 16.7. The number of para-hydroxylation sites is 1. The molecule has 0 saturated carbocycles. The van der Waals surface area contributed by atoms with Gasteiger partial charge in [-0.05, 0) is 24.4 Å². The van der Waals surface area contributed by atoms with E-state index < -0.39 is 17.9 Å². The molecule has 1 unspecified atom stereocenters. The summed E-state index contributed by atoms with van der Waals surface area (Å²) in [6, 6.07) is 9.99. The third-order valence-electron chi connectivity index (χ3n) is 3.62. The summed E-state index contributed by atoms with van der Waals surface area (Å²) in [5.74, 6) is -1.29. The maximum Gasteiger partial charge on any atom is 0.271 e. The highest BCUT2D eigenvalue weighted by atomic mass is 32.1. The predicted octanol–water partition coefficient (Wildman–Crippen LogP) is 1.81. The van der Waals surface area contributed by atoms with Gasteiger partial charge in [0.25, 0.3) is 17.7 Å². The van der Waals surface area contributed by atoms with Gasteiger partial charge in [0.05, 0.1) is 10.4 Å². The first-order chi connectivity index (χ1) is 12.1. The lowest BCUT2D eigenvalue weighted by molar-refractivity contribution is -0.123. The number of hydrazine groups is 1. The maximum atomic E-state index is 12.2. The molecule has 2 aromatic heterocycles. The first-order valence-corrected chi connectivity index (χ1v) is 8.45. The van der Waals surface area contributed by atoms with Gasteiger partial charge in [-0.1, -0.05) is 24.3 Å². The van der Waals surface area contributed by atoms with Crippen LogP contribution in [0.1, 0.15) is 27.0 Å². The summed E-state index contributed by atoms with van der Waals surface area (Å²) in [6.07, 6.45) is 1.58. The van der Waals surface area contributed by atoms with Crippen molar-refractivity contribution in [1.29, 1.82) is 0 Å². The molecule has 0 aliphatic heterocycles. The van der Waals surface area contributed by atoms with Crippen LogP contribution in [-0.2, 0) is 4.79 Å². The molecule has 128 valence electrons. The highest BCUT2D eigenvalue weighted by Gasteiger charge is 2.18. The van der Waals surface area contributed by atoms with Gasteiger partial charge in [0.1, 0.15) is 6.04 Å². The Hall–Kier alpha value is -3.13. The maximum absolute atomic E-state index is 12.2. The summed E-state index contributed by atoms with van der Waals surface area (Å²) < 4.78 is 0. The molecule has 3 amide bonds. The Morgan fingerprint density at radius 3 is 2.60 bits per heavy atom. The predicted molar refractivity (Wildman–Crippen MR) is 95.2 cm³/mol. The molecule has 3 aromatic rings. The van der Waals surface area contributed by atoms with Gasteiger partial charge >= 0.3 is 0 Å². The van der Waals surface area contributed by atoms with Crippen LogP contribution in [-0.4, -0.2) is 28.7 Å². The van der Waals surface area contributed by atoms with Crippen LogP contribution in [0.3, 0.4) is 0 Å². The van der Waals surface area contributed by atoms with E-state index in [9.17, 15) is 14.4 Å². The van der Waals surface area contributed by atoms with Crippen LogP contribution >= 0.6 is 11.3 Å². The summed E-state index contributed by atoms with van der Waals surface area (Å²) in [5.41, 5.74) is 5.93. The molecule has 8 heteroatoms. The van der Waals surface area contributed by atoms with E-state index in [4.69, 9.17) is 0 Å². The molecule has 0 saturated heterocycles. The number of aromatic amines is 1. The van der Waals surface area contributed by atoms with Crippen molar-refractivity contribution in [3.05, 3.63) is 58.4 Å². The Morgan fingerprint density at radius 2 is 1.84 bits per heavy atom. The fraction of sp³-hybridized carbons (Fsp3) is 0.118. The Morgan fingerprint density at radius 1 is 1.04 bits per heavy atom. The van der Waals surface area contributed by atoms with Gasteiger partial charge in [-0.3, -0.25) is 25.2 Å². The molecule has 0 aliphatic rings. The van der Waals surface area contributed by atoms with Crippen LogP contribution in [0, 0.1) is 0 Å². The SMILES string of the molecule is CC(NC(=O)c1cccs1)C(=O)NNC(=O)c1c[nH]c2ccccc12. The number of carbonyl (C=O) groups excluding carboxylic acids is 3. The third kappa shape index (κ3) is 3.69. The molecule has 0 aliphatic carbocycles. The number of hydrogen-bond acceptors (Lipinski definition) is 4. The number of hydrogen-bond donors (Lipinski definition) is 4. The van der Waals surface area contributed by atoms with Gasteiger partial charge in [0.15, 0.2) is 0 Å². The lowest BCUT2D eigenvalue weighted by atomic mass is 10.2. The summed E-state index contributed by atoms with van der Waals surface area (Å²) >= 11 is 1.29. The number of nitrogens with one attached hydrogen (secondary N) is 4. The van der Waals surface area contributed by atoms with E-state index in [-0.39, 0.29) is 5.91 Å². The highest BCUT2D eigenvalue weighted by molar-refractivity contribution is 7.12. The van der Waals surface area contributed by atoms with Crippen molar-refractivity contribution >= 4 is 40.0 Å². The van der Waals surface area contributed by atoms with Gasteiger partial charge in [-0.2, -0.15) is 0 Å². The number of benzene rings is 1. The number of fused-ring (bicyclic) bond motifs is 1. The van der Waals surface area contributed by atoms with Gasteiger partial charge in [0, 0.05) is 17.1 Å². The molecule has 0 radical (unpaired) electrons. The van der Waals surface area contributed by atoms with Crippen molar-refractivity contribution in [3.63, 3.8) is 0 Å². The van der Waals surface area contributed by atoms with Crippen molar-refractivity contribution in [1.82, 2.24) is 21.2 Å². The van der Waals surface area contributed by atoms with Crippen molar-refractivity contribution in [3.8, 4) is 0 Å². The van der Waals surface area contributed by atoms with Crippen LogP contribution < -0.4 is 16.2 Å². The topological polar surface area (TPSA) is 103 Å². The minimum Gasteiger partial charge on any atom is -0.360 e. The van der Waals surface area contributed by atoms with Crippen LogP contribution in [0.5, 0.6) is 0 Å². The van der Waals surface area contributed by atoms with E-state index in [1.165, 1.54) is 11.3 Å². The highest BCUT2D eigenvalue weighted by Crippen LogP contribution is 2.17. The standard InChI is InChI=1S/C17H16N4O3S/c1-10(19-17(24)14-7-4-8-25-14)15(22)20-21-16(23)12-9-18-13-6-3-2-5-11(12)13/h2-10,18H,1H3,(H,19,24)(H,20,22)(H,21,23). The van der Waals surface area contributed by atoms with Crippen LogP contribution in [0.25, 0.3) is 10.9 Å². The van der Waals surface area contributed by atoms with Gasteiger partial charge in [0.2, 0.25) is 0 Å². The average Bonchev–Trinajstić information content (AvgIpc) is 3.28. The smallest absolute Gasteiger partial charge is 0.271 e. The molecule has 3 rings (SSSR count). The Labute approximate surface area is 147 Å². The van der Waals surface area contributed by atoms with Crippen LogP contribution in [0.4, 0.5) is 0 Å². The second-order valence-electron chi connectivity index (χ2n) is 5.36. The van der Waals surface area contributed by atoms with Crippen molar-refractivity contribution < 1.29 is 14.4 Å². The zero-order chi connectivity index (χ0) is 17.8. The number of thiophene rings is 1. The zero-order valence-electron chi connectivity index (χ0n) is 13.3. The van der Waals surface area contributed by atoms with E-state index in [1.807, 2.05) is 24.3 Å². The lowest BCUT2D eigenvalue weighted by Gasteiger charge is -2.14. The van der Waals surface area contributed by atoms with Crippen molar-refractivity contribution in [2.24, 2.45) is 0 Å². The van der Waals surface area contributed by atoms with E-state index in [1.54, 1.807) is 30.6 Å². The quantitative estimate of drug-likeness (QED) is 0.536. The van der Waals surface area contributed by atoms with Gasteiger partial charge in [-0.25, -0.2) is 0 Å². The first-order valence-electron chi connectivity index (χ1n) is 7.57. The molecule has 7 nitrogen and oxygen atoms in total. The van der Waals surface area contributed by atoms with Crippen LogP contribution in [0.15, 0.2) is 48.0 Å². The number of amides is 3. The second kappa shape index (κ2) is 7.18. The summed E-state index contributed by atoms with van der Waals surface area (Å²) in [7, 11) is 0. The number of rotatable bonds is 4. The molecular formula is C17H16N4O3S. The average molecular weight is 356 g/mol. The molecule has 0 fully saturated rings. The van der Waals surface area contributed by atoms with Gasteiger partial charge in [-0.15, -0.1) is 11.3 Å². The minimum atomic E-state index is -0.794. The Bertz CT molecular complexity index is 917. The number of aromatic nitrogens is 1.